The zero-order valence-electron chi connectivity index (χ0n) is 17.8. The third kappa shape index (κ3) is 4.88. The monoisotopic (exact) mass is 450 g/mol. The fraction of sp³-hybridized carbons (Fsp3) is 0.130. The maximum absolute atomic E-state index is 12.6. The molecule has 0 spiro atoms. The molecule has 0 saturated carbocycles. The van der Waals surface area contributed by atoms with Gasteiger partial charge in [-0.15, -0.1) is 0 Å². The lowest BCUT2D eigenvalue weighted by atomic mass is 10.1. The van der Waals surface area contributed by atoms with Crippen LogP contribution in [0.5, 0.6) is 5.75 Å². The van der Waals surface area contributed by atoms with Crippen LogP contribution in [-0.2, 0) is 14.8 Å². The average Bonchev–Trinajstić information content (AvgIpc) is 3.04. The van der Waals surface area contributed by atoms with Crippen LogP contribution in [0.25, 0.3) is 11.8 Å². The summed E-state index contributed by atoms with van der Waals surface area (Å²) in [5.41, 5.74) is 3.55. The molecule has 3 rings (SSSR count). The number of carbonyl (C=O) groups excluding carboxylic acids is 1. The fourth-order valence-electron chi connectivity index (χ4n) is 3.29. The van der Waals surface area contributed by atoms with Crippen LogP contribution in [-0.4, -0.2) is 26.0 Å². The van der Waals surface area contributed by atoms with Crippen molar-refractivity contribution in [2.75, 3.05) is 12.4 Å². The molecular weight excluding hydrogens is 428 g/mol. The van der Waals surface area contributed by atoms with Crippen molar-refractivity contribution in [3.05, 3.63) is 77.1 Å². The van der Waals surface area contributed by atoms with Crippen molar-refractivity contribution in [3.63, 3.8) is 0 Å². The Kier molecular flexibility index (Phi) is 6.48. The number of methoxy groups -OCH3 is 1. The molecule has 1 heterocycles. The van der Waals surface area contributed by atoms with Gasteiger partial charge in [-0.3, -0.25) is 4.79 Å². The van der Waals surface area contributed by atoms with Crippen LogP contribution < -0.4 is 15.2 Å². The molecule has 0 fully saturated rings. The first-order valence-electron chi connectivity index (χ1n) is 9.53. The number of sulfonamides is 1. The summed E-state index contributed by atoms with van der Waals surface area (Å²) in [5.74, 6) is 0.128. The van der Waals surface area contributed by atoms with Crippen LogP contribution in [0, 0.1) is 25.2 Å². The molecule has 0 aliphatic carbocycles. The summed E-state index contributed by atoms with van der Waals surface area (Å²) in [4.78, 5) is 12.6. The van der Waals surface area contributed by atoms with Crippen LogP contribution in [0.4, 0.5) is 5.69 Å². The molecule has 2 aromatic carbocycles. The number of benzene rings is 2. The minimum atomic E-state index is -3.78. The lowest BCUT2D eigenvalue weighted by molar-refractivity contribution is -0.112. The topological polar surface area (TPSA) is 127 Å². The van der Waals surface area contributed by atoms with Gasteiger partial charge in [0.2, 0.25) is 10.0 Å². The maximum atomic E-state index is 12.6. The van der Waals surface area contributed by atoms with Gasteiger partial charge in [0.25, 0.3) is 5.91 Å². The number of nitriles is 1. The highest BCUT2D eigenvalue weighted by atomic mass is 32.2. The molecule has 1 aromatic heterocycles. The molecular formula is C23H22N4O4S. The minimum absolute atomic E-state index is 0.0193. The fourth-order valence-corrected chi connectivity index (χ4v) is 3.81. The number of rotatable bonds is 6. The Morgan fingerprint density at radius 2 is 1.75 bits per heavy atom. The van der Waals surface area contributed by atoms with E-state index in [1.54, 1.807) is 43.5 Å². The third-order valence-electron chi connectivity index (χ3n) is 4.91. The van der Waals surface area contributed by atoms with Crippen molar-refractivity contribution in [2.24, 2.45) is 5.14 Å². The van der Waals surface area contributed by atoms with E-state index in [2.05, 4.69) is 5.32 Å². The van der Waals surface area contributed by atoms with Crippen LogP contribution >= 0.6 is 0 Å². The third-order valence-corrected chi connectivity index (χ3v) is 5.84. The summed E-state index contributed by atoms with van der Waals surface area (Å²) in [7, 11) is -2.23. The van der Waals surface area contributed by atoms with E-state index in [9.17, 15) is 18.5 Å². The summed E-state index contributed by atoms with van der Waals surface area (Å²) in [6, 6.07) is 16.7. The Balaban J connectivity index is 1.90. The van der Waals surface area contributed by atoms with E-state index in [1.165, 1.54) is 18.2 Å². The molecule has 164 valence electrons. The van der Waals surface area contributed by atoms with Gasteiger partial charge in [-0.05, 0) is 80.1 Å². The molecule has 3 N–H and O–H groups in total. The van der Waals surface area contributed by atoms with Gasteiger partial charge in [0, 0.05) is 22.8 Å². The second kappa shape index (κ2) is 9.09. The number of aromatic nitrogens is 1. The Labute approximate surface area is 186 Å². The zero-order valence-corrected chi connectivity index (χ0v) is 18.6. The molecule has 0 aliphatic heterocycles. The maximum Gasteiger partial charge on any atom is 0.266 e. The number of hydrogen-bond acceptors (Lipinski definition) is 5. The van der Waals surface area contributed by atoms with E-state index in [0.29, 0.717) is 17.0 Å². The number of nitrogens with one attached hydrogen (secondary N) is 1. The zero-order chi connectivity index (χ0) is 23.5. The highest BCUT2D eigenvalue weighted by molar-refractivity contribution is 7.89. The second-order valence-corrected chi connectivity index (χ2v) is 8.61. The number of aryl methyl sites for hydroxylation is 1. The number of ether oxygens (including phenoxy) is 1. The van der Waals surface area contributed by atoms with Crippen LogP contribution in [0.3, 0.4) is 0 Å². The van der Waals surface area contributed by atoms with E-state index < -0.39 is 15.9 Å². The number of nitrogens with zero attached hydrogens (tertiary/aromatic N) is 2. The minimum Gasteiger partial charge on any atom is -0.497 e. The molecule has 0 unspecified atom stereocenters. The predicted molar refractivity (Wildman–Crippen MR) is 122 cm³/mol. The molecule has 0 aliphatic rings. The number of amides is 1. The Morgan fingerprint density at radius 1 is 1.12 bits per heavy atom. The van der Waals surface area contributed by atoms with Crippen LogP contribution in [0.2, 0.25) is 0 Å². The highest BCUT2D eigenvalue weighted by Crippen LogP contribution is 2.24. The largest absolute Gasteiger partial charge is 0.497 e. The molecule has 9 heteroatoms. The Bertz CT molecular complexity index is 1330. The summed E-state index contributed by atoms with van der Waals surface area (Å²) < 4.78 is 30.0. The van der Waals surface area contributed by atoms with Gasteiger partial charge < -0.3 is 14.6 Å². The van der Waals surface area contributed by atoms with Crippen LogP contribution in [0.15, 0.2) is 65.1 Å². The molecule has 3 aromatic rings. The van der Waals surface area contributed by atoms with Gasteiger partial charge in [-0.2, -0.15) is 5.26 Å². The lowest BCUT2D eigenvalue weighted by Crippen LogP contribution is -2.13. The van der Waals surface area contributed by atoms with E-state index >= 15 is 0 Å². The smallest absolute Gasteiger partial charge is 0.266 e. The normalized spacial score (nSPS) is 11.7. The molecule has 1 amide bonds. The molecule has 0 atom stereocenters. The second-order valence-electron chi connectivity index (χ2n) is 7.05. The summed E-state index contributed by atoms with van der Waals surface area (Å²) >= 11 is 0. The molecule has 0 bridgehead atoms. The van der Waals surface area contributed by atoms with Crippen LogP contribution in [0.1, 0.15) is 17.0 Å². The van der Waals surface area contributed by atoms with Crippen molar-refractivity contribution in [3.8, 4) is 17.5 Å². The van der Waals surface area contributed by atoms with Gasteiger partial charge in [0.05, 0.1) is 12.0 Å². The van der Waals surface area contributed by atoms with E-state index in [1.807, 2.05) is 30.6 Å². The summed E-state index contributed by atoms with van der Waals surface area (Å²) in [5, 5.41) is 17.4. The highest BCUT2D eigenvalue weighted by Gasteiger charge is 2.15. The van der Waals surface area contributed by atoms with Crippen molar-refractivity contribution in [2.45, 2.75) is 18.7 Å². The number of anilines is 1. The van der Waals surface area contributed by atoms with Gasteiger partial charge >= 0.3 is 0 Å². The first kappa shape index (κ1) is 22.8. The molecule has 32 heavy (non-hydrogen) atoms. The summed E-state index contributed by atoms with van der Waals surface area (Å²) in [6.07, 6.45) is 1.52. The number of hydrogen-bond donors (Lipinski definition) is 2. The predicted octanol–water partition coefficient (Wildman–Crippen LogP) is 3.30. The Hall–Kier alpha value is -3.87. The molecule has 0 radical (unpaired) electrons. The van der Waals surface area contributed by atoms with Gasteiger partial charge in [0.15, 0.2) is 0 Å². The van der Waals surface area contributed by atoms with Crippen molar-refractivity contribution in [1.29, 1.82) is 5.26 Å². The van der Waals surface area contributed by atoms with Crippen molar-refractivity contribution < 1.29 is 17.9 Å². The van der Waals surface area contributed by atoms with Gasteiger partial charge in [-0.25, -0.2) is 13.6 Å². The lowest BCUT2D eigenvalue weighted by Gasteiger charge is -2.10. The standard InChI is InChI=1S/C23H22N4O4S/c1-15-12-17(16(2)27(15)20-6-10-22(11-7-20)32(25,29)30)13-18(14-24)23(28)26-19-4-8-21(31-3)9-5-19/h4-13H,1-3H3,(H,26,28)(H2,25,29,30)/b18-13-. The quantitative estimate of drug-likeness (QED) is 0.440. The Morgan fingerprint density at radius 3 is 2.28 bits per heavy atom. The van der Waals surface area contributed by atoms with Crippen molar-refractivity contribution >= 4 is 27.7 Å². The first-order valence-corrected chi connectivity index (χ1v) is 11.1. The molecule has 0 saturated heterocycles. The molecule has 8 nitrogen and oxygen atoms in total. The van der Waals surface area contributed by atoms with E-state index in [-0.39, 0.29) is 10.5 Å². The number of carbonyl (C=O) groups is 1. The van der Waals surface area contributed by atoms with E-state index in [0.717, 1.165) is 17.1 Å². The number of primary sulfonamides is 1. The van der Waals surface area contributed by atoms with Gasteiger partial charge in [-0.1, -0.05) is 0 Å². The number of nitrogens with two attached hydrogens (primary N) is 1. The first-order chi connectivity index (χ1) is 15.1. The SMILES string of the molecule is COc1ccc(NC(=O)/C(C#N)=C\c2cc(C)n(-c3ccc(S(N)(=O)=O)cc3)c2C)cc1. The van der Waals surface area contributed by atoms with E-state index in [4.69, 9.17) is 9.88 Å². The average molecular weight is 451 g/mol. The van der Waals surface area contributed by atoms with Crippen molar-refractivity contribution in [1.82, 2.24) is 4.57 Å². The van der Waals surface area contributed by atoms with Gasteiger partial charge in [0.1, 0.15) is 17.4 Å². The summed E-state index contributed by atoms with van der Waals surface area (Å²) in [6.45, 7) is 3.73.